The van der Waals surface area contributed by atoms with E-state index in [9.17, 15) is 4.79 Å². The fourth-order valence-corrected chi connectivity index (χ4v) is 1.65. The van der Waals surface area contributed by atoms with Crippen molar-refractivity contribution < 1.29 is 9.53 Å². The number of allylic oxidation sites excluding steroid dienone is 1. The van der Waals surface area contributed by atoms with Gasteiger partial charge in [-0.2, -0.15) is 0 Å². The van der Waals surface area contributed by atoms with Gasteiger partial charge in [0.15, 0.2) is 0 Å². The van der Waals surface area contributed by atoms with E-state index < -0.39 is 0 Å². The van der Waals surface area contributed by atoms with E-state index in [0.29, 0.717) is 0 Å². The largest absolute Gasteiger partial charge is 0.460 e. The lowest BCUT2D eigenvalue weighted by Gasteiger charge is -2.26. The standard InChI is InChI=1S/C12H20O2/c1-9-5-7-10(8-6-9)11(13)14-12(2,3)4/h10H,1,5-8H2,2-4H3. The SMILES string of the molecule is C=C1CCC(C(=O)OC(C)(C)C)CC1. The van der Waals surface area contributed by atoms with E-state index >= 15 is 0 Å². The molecule has 1 aliphatic carbocycles. The molecule has 1 fully saturated rings. The molecule has 0 aromatic heterocycles. The Kier molecular flexibility index (Phi) is 3.35. The van der Waals surface area contributed by atoms with Crippen molar-refractivity contribution in [3.05, 3.63) is 12.2 Å². The topological polar surface area (TPSA) is 26.3 Å². The number of hydrogen-bond donors (Lipinski definition) is 0. The van der Waals surface area contributed by atoms with Crippen molar-refractivity contribution in [1.29, 1.82) is 0 Å². The Morgan fingerprint density at radius 2 is 1.86 bits per heavy atom. The first kappa shape index (κ1) is 11.3. The summed E-state index contributed by atoms with van der Waals surface area (Å²) in [5.41, 5.74) is 0.913. The van der Waals surface area contributed by atoms with Crippen molar-refractivity contribution in [2.75, 3.05) is 0 Å². The molecule has 14 heavy (non-hydrogen) atoms. The smallest absolute Gasteiger partial charge is 0.309 e. The Morgan fingerprint density at radius 1 is 1.36 bits per heavy atom. The van der Waals surface area contributed by atoms with Gasteiger partial charge in [-0.3, -0.25) is 4.79 Å². The van der Waals surface area contributed by atoms with Crippen LogP contribution in [0.15, 0.2) is 12.2 Å². The molecule has 0 heterocycles. The third-order valence-corrected chi connectivity index (χ3v) is 2.43. The fourth-order valence-electron chi connectivity index (χ4n) is 1.65. The highest BCUT2D eigenvalue weighted by atomic mass is 16.6. The molecule has 1 aliphatic rings. The van der Waals surface area contributed by atoms with Gasteiger partial charge in [-0.05, 0) is 46.5 Å². The molecule has 0 saturated heterocycles. The predicted octanol–water partition coefficient (Wildman–Crippen LogP) is 3.07. The zero-order chi connectivity index (χ0) is 10.8. The number of carbonyl (C=O) groups is 1. The summed E-state index contributed by atoms with van der Waals surface area (Å²) in [6, 6.07) is 0. The van der Waals surface area contributed by atoms with Gasteiger partial charge in [-0.15, -0.1) is 0 Å². The highest BCUT2D eigenvalue weighted by Crippen LogP contribution is 2.28. The van der Waals surface area contributed by atoms with Crippen LogP contribution < -0.4 is 0 Å². The normalized spacial score (nSPS) is 19.5. The van der Waals surface area contributed by atoms with Gasteiger partial charge >= 0.3 is 5.97 Å². The molecule has 0 radical (unpaired) electrons. The van der Waals surface area contributed by atoms with Crippen LogP contribution in [0.2, 0.25) is 0 Å². The molecule has 2 nitrogen and oxygen atoms in total. The van der Waals surface area contributed by atoms with E-state index in [4.69, 9.17) is 4.74 Å². The Labute approximate surface area is 86.3 Å². The molecule has 0 atom stereocenters. The summed E-state index contributed by atoms with van der Waals surface area (Å²) in [7, 11) is 0. The van der Waals surface area contributed by atoms with Crippen molar-refractivity contribution in [3.63, 3.8) is 0 Å². The van der Waals surface area contributed by atoms with Crippen LogP contribution >= 0.6 is 0 Å². The third kappa shape index (κ3) is 3.52. The number of rotatable bonds is 1. The lowest BCUT2D eigenvalue weighted by molar-refractivity contribution is -0.160. The van der Waals surface area contributed by atoms with E-state index in [1.165, 1.54) is 5.57 Å². The van der Waals surface area contributed by atoms with E-state index in [1.807, 2.05) is 20.8 Å². The van der Waals surface area contributed by atoms with E-state index in [2.05, 4.69) is 6.58 Å². The first-order chi connectivity index (χ1) is 6.38. The first-order valence-electron chi connectivity index (χ1n) is 5.28. The lowest BCUT2D eigenvalue weighted by Crippen LogP contribution is -2.29. The second-order valence-electron chi connectivity index (χ2n) is 5.06. The maximum atomic E-state index is 11.7. The van der Waals surface area contributed by atoms with Gasteiger partial charge in [0.25, 0.3) is 0 Å². The molecule has 0 aliphatic heterocycles. The van der Waals surface area contributed by atoms with Crippen LogP contribution in [-0.2, 0) is 9.53 Å². The molecule has 0 aromatic carbocycles. The van der Waals surface area contributed by atoms with Gasteiger partial charge in [0.05, 0.1) is 5.92 Å². The fraction of sp³-hybridized carbons (Fsp3) is 0.750. The Balaban J connectivity index is 2.42. The molecule has 2 heteroatoms. The molecular formula is C12H20O2. The van der Waals surface area contributed by atoms with E-state index in [-0.39, 0.29) is 17.5 Å². The van der Waals surface area contributed by atoms with Crippen LogP contribution in [0.25, 0.3) is 0 Å². The van der Waals surface area contributed by atoms with Gasteiger partial charge < -0.3 is 4.74 Å². The second-order valence-corrected chi connectivity index (χ2v) is 5.06. The van der Waals surface area contributed by atoms with Crippen molar-refractivity contribution in [1.82, 2.24) is 0 Å². The van der Waals surface area contributed by atoms with Gasteiger partial charge in [0, 0.05) is 0 Å². The average molecular weight is 196 g/mol. The van der Waals surface area contributed by atoms with Crippen LogP contribution in [0.4, 0.5) is 0 Å². The van der Waals surface area contributed by atoms with Gasteiger partial charge in [0.1, 0.15) is 5.60 Å². The highest BCUT2D eigenvalue weighted by molar-refractivity contribution is 5.73. The van der Waals surface area contributed by atoms with Crippen LogP contribution in [0.5, 0.6) is 0 Å². The predicted molar refractivity (Wildman–Crippen MR) is 56.9 cm³/mol. The molecule has 0 N–H and O–H groups in total. The average Bonchev–Trinajstić information content (AvgIpc) is 2.02. The Hall–Kier alpha value is -0.790. The van der Waals surface area contributed by atoms with Crippen molar-refractivity contribution in [2.45, 2.75) is 52.1 Å². The Bertz CT molecular complexity index is 225. The minimum absolute atomic E-state index is 0.0370. The van der Waals surface area contributed by atoms with Gasteiger partial charge in [-0.25, -0.2) is 0 Å². The number of hydrogen-bond acceptors (Lipinski definition) is 2. The molecule has 1 rings (SSSR count). The molecule has 1 saturated carbocycles. The minimum atomic E-state index is -0.356. The summed E-state index contributed by atoms with van der Waals surface area (Å²) in [5, 5.41) is 0. The van der Waals surface area contributed by atoms with Gasteiger partial charge in [0.2, 0.25) is 0 Å². The van der Waals surface area contributed by atoms with Crippen LogP contribution in [0, 0.1) is 5.92 Å². The third-order valence-electron chi connectivity index (χ3n) is 2.43. The number of esters is 1. The lowest BCUT2D eigenvalue weighted by atomic mass is 9.86. The Morgan fingerprint density at radius 3 is 2.29 bits per heavy atom. The molecular weight excluding hydrogens is 176 g/mol. The van der Waals surface area contributed by atoms with Crippen LogP contribution in [0.1, 0.15) is 46.5 Å². The highest BCUT2D eigenvalue weighted by Gasteiger charge is 2.27. The molecule has 80 valence electrons. The molecule has 0 aromatic rings. The summed E-state index contributed by atoms with van der Waals surface area (Å²) in [4.78, 5) is 11.7. The second kappa shape index (κ2) is 4.16. The first-order valence-corrected chi connectivity index (χ1v) is 5.28. The molecule has 0 bridgehead atoms. The maximum Gasteiger partial charge on any atom is 0.309 e. The molecule has 0 spiro atoms. The minimum Gasteiger partial charge on any atom is -0.460 e. The monoisotopic (exact) mass is 196 g/mol. The van der Waals surface area contributed by atoms with Crippen LogP contribution in [0.3, 0.4) is 0 Å². The van der Waals surface area contributed by atoms with E-state index in [0.717, 1.165) is 25.7 Å². The molecule has 0 amide bonds. The number of ether oxygens (including phenoxy) is 1. The van der Waals surface area contributed by atoms with E-state index in [1.54, 1.807) is 0 Å². The van der Waals surface area contributed by atoms with Crippen LogP contribution in [-0.4, -0.2) is 11.6 Å². The molecule has 0 unspecified atom stereocenters. The van der Waals surface area contributed by atoms with Gasteiger partial charge in [-0.1, -0.05) is 12.2 Å². The van der Waals surface area contributed by atoms with Crippen molar-refractivity contribution in [3.8, 4) is 0 Å². The summed E-state index contributed by atoms with van der Waals surface area (Å²) in [6.45, 7) is 9.66. The zero-order valence-electron chi connectivity index (χ0n) is 9.43. The van der Waals surface area contributed by atoms with Crippen molar-refractivity contribution in [2.24, 2.45) is 5.92 Å². The number of carbonyl (C=O) groups excluding carboxylic acids is 1. The summed E-state index contributed by atoms with van der Waals surface area (Å²) >= 11 is 0. The maximum absolute atomic E-state index is 11.7. The van der Waals surface area contributed by atoms with Crippen molar-refractivity contribution >= 4 is 5.97 Å². The summed E-state index contributed by atoms with van der Waals surface area (Å²) in [6.07, 6.45) is 3.77. The summed E-state index contributed by atoms with van der Waals surface area (Å²) < 4.78 is 5.34. The zero-order valence-corrected chi connectivity index (χ0v) is 9.43. The quantitative estimate of drug-likeness (QED) is 0.476. The summed E-state index contributed by atoms with van der Waals surface area (Å²) in [5.74, 6) is 0.0599.